The van der Waals surface area contributed by atoms with Gasteiger partial charge in [0.05, 0.1) is 5.01 Å². The number of aryl methyl sites for hydroxylation is 3. The van der Waals surface area contributed by atoms with E-state index in [1.165, 1.54) is 21.6 Å². The van der Waals surface area contributed by atoms with Crippen molar-refractivity contribution in [2.24, 2.45) is 0 Å². The molecule has 0 aliphatic carbocycles. The Kier molecular flexibility index (Phi) is 3.92. The van der Waals surface area contributed by atoms with Gasteiger partial charge in [-0.3, -0.25) is 0 Å². The van der Waals surface area contributed by atoms with Crippen LogP contribution >= 0.6 is 11.3 Å². The molecule has 0 radical (unpaired) electrons. The van der Waals surface area contributed by atoms with Gasteiger partial charge in [0.1, 0.15) is 0 Å². The smallest absolute Gasteiger partial charge is 0.0897 e. The molecule has 2 aromatic rings. The molecule has 90 valence electrons. The van der Waals surface area contributed by atoms with Crippen LogP contribution in [-0.2, 0) is 13.1 Å². The Bertz CT molecular complexity index is 503. The number of hydrogen-bond acceptors (Lipinski definition) is 3. The summed E-state index contributed by atoms with van der Waals surface area (Å²) in [4.78, 5) is 5.54. The van der Waals surface area contributed by atoms with Crippen molar-refractivity contribution in [2.75, 3.05) is 0 Å². The van der Waals surface area contributed by atoms with Gasteiger partial charge < -0.3 is 5.32 Å². The number of nitrogens with zero attached hydrogens (tertiary/aromatic N) is 1. The Morgan fingerprint density at radius 3 is 2.59 bits per heavy atom. The van der Waals surface area contributed by atoms with Crippen molar-refractivity contribution >= 4 is 11.3 Å². The molecule has 0 aliphatic heterocycles. The molecule has 17 heavy (non-hydrogen) atoms. The third kappa shape index (κ3) is 3.38. The zero-order valence-electron chi connectivity index (χ0n) is 10.6. The molecule has 0 saturated heterocycles. The number of nitrogens with one attached hydrogen (secondary N) is 1. The van der Waals surface area contributed by atoms with Crippen molar-refractivity contribution in [3.63, 3.8) is 0 Å². The second-order valence-electron chi connectivity index (χ2n) is 4.37. The van der Waals surface area contributed by atoms with E-state index in [-0.39, 0.29) is 0 Å². The van der Waals surface area contributed by atoms with Crippen LogP contribution in [0, 0.1) is 20.8 Å². The first-order valence-electron chi connectivity index (χ1n) is 5.83. The van der Waals surface area contributed by atoms with Gasteiger partial charge in [-0.15, -0.1) is 11.3 Å². The summed E-state index contributed by atoms with van der Waals surface area (Å²) >= 11 is 1.75. The van der Waals surface area contributed by atoms with E-state index in [9.17, 15) is 0 Å². The van der Waals surface area contributed by atoms with E-state index >= 15 is 0 Å². The van der Waals surface area contributed by atoms with E-state index in [2.05, 4.69) is 42.3 Å². The van der Waals surface area contributed by atoms with Crippen LogP contribution in [-0.4, -0.2) is 4.98 Å². The monoisotopic (exact) mass is 246 g/mol. The van der Waals surface area contributed by atoms with Gasteiger partial charge in [0, 0.05) is 24.2 Å². The maximum Gasteiger partial charge on any atom is 0.0897 e. The van der Waals surface area contributed by atoms with Crippen molar-refractivity contribution in [2.45, 2.75) is 33.9 Å². The minimum atomic E-state index is 0.901. The Labute approximate surface area is 107 Å². The predicted octanol–water partition coefficient (Wildman–Crippen LogP) is 3.36. The predicted molar refractivity (Wildman–Crippen MR) is 73.3 cm³/mol. The zero-order valence-corrected chi connectivity index (χ0v) is 11.4. The minimum absolute atomic E-state index is 0.901. The SMILES string of the molecule is Cc1ncc(CNCc2ccc(C)c(C)c2)s1. The molecule has 0 amide bonds. The molecule has 0 unspecified atom stereocenters. The number of aromatic nitrogens is 1. The lowest BCUT2D eigenvalue weighted by atomic mass is 10.1. The molecule has 0 saturated carbocycles. The highest BCUT2D eigenvalue weighted by atomic mass is 32.1. The lowest BCUT2D eigenvalue weighted by molar-refractivity contribution is 0.699. The molecule has 1 aromatic carbocycles. The van der Waals surface area contributed by atoms with Crippen molar-refractivity contribution in [3.05, 3.63) is 51.0 Å². The number of benzene rings is 1. The summed E-state index contributed by atoms with van der Waals surface area (Å²) in [7, 11) is 0. The minimum Gasteiger partial charge on any atom is -0.308 e. The largest absolute Gasteiger partial charge is 0.308 e. The maximum absolute atomic E-state index is 4.25. The summed E-state index contributed by atoms with van der Waals surface area (Å²) in [6.45, 7) is 8.16. The van der Waals surface area contributed by atoms with Gasteiger partial charge in [-0.2, -0.15) is 0 Å². The molecular formula is C14H18N2S. The summed E-state index contributed by atoms with van der Waals surface area (Å²) in [6, 6.07) is 6.62. The van der Waals surface area contributed by atoms with E-state index in [1.807, 2.05) is 13.1 Å². The van der Waals surface area contributed by atoms with E-state index in [1.54, 1.807) is 11.3 Å². The average Bonchev–Trinajstić information content (AvgIpc) is 2.70. The van der Waals surface area contributed by atoms with E-state index < -0.39 is 0 Å². The van der Waals surface area contributed by atoms with Crippen LogP contribution in [0.2, 0.25) is 0 Å². The summed E-state index contributed by atoms with van der Waals surface area (Å²) in [5.41, 5.74) is 4.05. The van der Waals surface area contributed by atoms with Gasteiger partial charge in [0.25, 0.3) is 0 Å². The topological polar surface area (TPSA) is 24.9 Å². The molecule has 0 atom stereocenters. The summed E-state index contributed by atoms with van der Waals surface area (Å²) in [5, 5.41) is 4.58. The first kappa shape index (κ1) is 12.3. The Balaban J connectivity index is 1.87. The van der Waals surface area contributed by atoms with E-state index in [0.717, 1.165) is 18.1 Å². The molecule has 0 bridgehead atoms. The van der Waals surface area contributed by atoms with Gasteiger partial charge in [-0.1, -0.05) is 18.2 Å². The Hall–Kier alpha value is -1.19. The van der Waals surface area contributed by atoms with Gasteiger partial charge in [0.2, 0.25) is 0 Å². The van der Waals surface area contributed by atoms with Crippen molar-refractivity contribution in [1.82, 2.24) is 10.3 Å². The number of rotatable bonds is 4. The fourth-order valence-electron chi connectivity index (χ4n) is 1.73. The molecule has 1 N–H and O–H groups in total. The molecule has 3 heteroatoms. The van der Waals surface area contributed by atoms with Crippen LogP contribution in [0.15, 0.2) is 24.4 Å². The maximum atomic E-state index is 4.25. The second kappa shape index (κ2) is 5.43. The fourth-order valence-corrected chi connectivity index (χ4v) is 2.50. The number of thiazole rings is 1. The van der Waals surface area contributed by atoms with Crippen LogP contribution in [0.3, 0.4) is 0 Å². The zero-order chi connectivity index (χ0) is 12.3. The van der Waals surface area contributed by atoms with Gasteiger partial charge in [0.15, 0.2) is 0 Å². The molecule has 0 fully saturated rings. The van der Waals surface area contributed by atoms with Gasteiger partial charge >= 0.3 is 0 Å². The van der Waals surface area contributed by atoms with Crippen LogP contribution < -0.4 is 5.32 Å². The fraction of sp³-hybridized carbons (Fsp3) is 0.357. The molecule has 2 nitrogen and oxygen atoms in total. The first-order chi connectivity index (χ1) is 8.15. The molecule has 1 aromatic heterocycles. The van der Waals surface area contributed by atoms with Crippen LogP contribution in [0.5, 0.6) is 0 Å². The van der Waals surface area contributed by atoms with Crippen molar-refractivity contribution in [3.8, 4) is 0 Å². The Morgan fingerprint density at radius 2 is 1.94 bits per heavy atom. The highest BCUT2D eigenvalue weighted by molar-refractivity contribution is 7.11. The molecule has 0 spiro atoms. The van der Waals surface area contributed by atoms with Crippen LogP contribution in [0.4, 0.5) is 0 Å². The average molecular weight is 246 g/mol. The molecular weight excluding hydrogens is 228 g/mol. The summed E-state index contributed by atoms with van der Waals surface area (Å²) in [5.74, 6) is 0. The van der Waals surface area contributed by atoms with Crippen molar-refractivity contribution in [1.29, 1.82) is 0 Å². The quantitative estimate of drug-likeness (QED) is 0.894. The highest BCUT2D eigenvalue weighted by Crippen LogP contribution is 2.12. The first-order valence-corrected chi connectivity index (χ1v) is 6.65. The van der Waals surface area contributed by atoms with Crippen LogP contribution in [0.25, 0.3) is 0 Å². The standard InChI is InChI=1S/C14H18N2S/c1-10-4-5-13(6-11(10)2)7-15-8-14-9-16-12(3)17-14/h4-6,9,15H,7-8H2,1-3H3. The van der Waals surface area contributed by atoms with Gasteiger partial charge in [-0.25, -0.2) is 4.98 Å². The van der Waals surface area contributed by atoms with Crippen molar-refractivity contribution < 1.29 is 0 Å². The Morgan fingerprint density at radius 1 is 1.12 bits per heavy atom. The highest BCUT2D eigenvalue weighted by Gasteiger charge is 1.99. The lowest BCUT2D eigenvalue weighted by Gasteiger charge is -2.06. The third-order valence-corrected chi connectivity index (χ3v) is 3.78. The third-order valence-electron chi connectivity index (χ3n) is 2.87. The molecule has 2 rings (SSSR count). The normalized spacial score (nSPS) is 10.8. The second-order valence-corrected chi connectivity index (χ2v) is 5.69. The summed E-state index contributed by atoms with van der Waals surface area (Å²) < 4.78 is 0. The van der Waals surface area contributed by atoms with Gasteiger partial charge in [-0.05, 0) is 37.5 Å². The molecule has 1 heterocycles. The number of hydrogen-bond donors (Lipinski definition) is 1. The van der Waals surface area contributed by atoms with Crippen LogP contribution in [0.1, 0.15) is 26.6 Å². The molecule has 0 aliphatic rings. The lowest BCUT2D eigenvalue weighted by Crippen LogP contribution is -2.11. The summed E-state index contributed by atoms with van der Waals surface area (Å²) in [6.07, 6.45) is 1.95. The van der Waals surface area contributed by atoms with E-state index in [4.69, 9.17) is 0 Å². The van der Waals surface area contributed by atoms with E-state index in [0.29, 0.717) is 0 Å².